The van der Waals surface area contributed by atoms with Crippen molar-refractivity contribution in [1.29, 1.82) is 0 Å². The van der Waals surface area contributed by atoms with Crippen LogP contribution in [-0.2, 0) is 6.54 Å². The maximum atomic E-state index is 9.07. The molecular formula is C16H23ClN2O. The topological polar surface area (TPSA) is 35.5 Å². The van der Waals surface area contributed by atoms with E-state index in [4.69, 9.17) is 16.7 Å². The Bertz CT molecular complexity index is 427. The van der Waals surface area contributed by atoms with Crippen LogP contribution in [0.4, 0.5) is 0 Å². The zero-order valence-corrected chi connectivity index (χ0v) is 12.5. The van der Waals surface area contributed by atoms with Crippen molar-refractivity contribution in [2.75, 3.05) is 32.8 Å². The Morgan fingerprint density at radius 2 is 1.90 bits per heavy atom. The van der Waals surface area contributed by atoms with E-state index in [0.29, 0.717) is 0 Å². The molecule has 0 spiro atoms. The average Bonchev–Trinajstić information content (AvgIpc) is 2.87. The summed E-state index contributed by atoms with van der Waals surface area (Å²) in [5.41, 5.74) is 1.30. The minimum Gasteiger partial charge on any atom is -0.396 e. The van der Waals surface area contributed by atoms with E-state index in [9.17, 15) is 0 Å². The zero-order valence-electron chi connectivity index (χ0n) is 11.8. The highest BCUT2D eigenvalue weighted by atomic mass is 35.5. The summed E-state index contributed by atoms with van der Waals surface area (Å²) >= 11 is 5.94. The summed E-state index contributed by atoms with van der Waals surface area (Å²) < 4.78 is 0. The second-order valence-electron chi connectivity index (χ2n) is 6.09. The lowest BCUT2D eigenvalue weighted by molar-refractivity contribution is 0.206. The third-order valence-electron chi connectivity index (χ3n) is 4.69. The third-order valence-corrected chi connectivity index (χ3v) is 4.94. The number of rotatable bonds is 7. The van der Waals surface area contributed by atoms with Crippen LogP contribution in [0, 0.1) is 17.8 Å². The van der Waals surface area contributed by atoms with Gasteiger partial charge in [-0.2, -0.15) is 0 Å². The molecule has 1 aromatic rings. The fourth-order valence-electron chi connectivity index (χ4n) is 3.49. The molecule has 1 unspecified atom stereocenters. The van der Waals surface area contributed by atoms with E-state index in [1.165, 1.54) is 25.2 Å². The molecule has 3 rings (SSSR count). The van der Waals surface area contributed by atoms with Crippen LogP contribution in [0.5, 0.6) is 0 Å². The van der Waals surface area contributed by atoms with Crippen LogP contribution < -0.4 is 5.32 Å². The van der Waals surface area contributed by atoms with E-state index in [-0.39, 0.29) is 6.61 Å². The van der Waals surface area contributed by atoms with Gasteiger partial charge in [0.15, 0.2) is 0 Å². The van der Waals surface area contributed by atoms with Gasteiger partial charge in [0, 0.05) is 31.3 Å². The molecule has 0 bridgehead atoms. The molecule has 1 aromatic carbocycles. The Kier molecular flexibility index (Phi) is 4.61. The second-order valence-corrected chi connectivity index (χ2v) is 6.52. The summed E-state index contributed by atoms with van der Waals surface area (Å²) in [6.07, 6.45) is 0.855. The van der Waals surface area contributed by atoms with E-state index in [2.05, 4.69) is 22.3 Å². The van der Waals surface area contributed by atoms with Gasteiger partial charge in [0.05, 0.1) is 0 Å². The molecular weight excluding hydrogens is 272 g/mol. The summed E-state index contributed by atoms with van der Waals surface area (Å²) in [6.45, 7) is 5.77. The molecule has 2 aliphatic rings. The summed E-state index contributed by atoms with van der Waals surface area (Å²) in [7, 11) is 0. The first kappa shape index (κ1) is 14.3. The molecule has 1 saturated heterocycles. The molecule has 0 amide bonds. The average molecular weight is 295 g/mol. The molecule has 0 radical (unpaired) electrons. The molecule has 1 saturated carbocycles. The first-order valence-electron chi connectivity index (χ1n) is 7.56. The number of hydrogen-bond acceptors (Lipinski definition) is 3. The maximum absolute atomic E-state index is 9.07. The minimum absolute atomic E-state index is 0.274. The van der Waals surface area contributed by atoms with Gasteiger partial charge in [0.1, 0.15) is 0 Å². The molecule has 1 aliphatic carbocycles. The number of hydrogen-bond donors (Lipinski definition) is 2. The van der Waals surface area contributed by atoms with E-state index >= 15 is 0 Å². The lowest BCUT2D eigenvalue weighted by atomic mass is 10.2. The standard InChI is InChI=1S/C16H23ClN2O/c17-13-4-2-12(3-5-13)10-19(6-1-7-20)11-16-14-8-18-9-15(14)16/h2-5,14-16,18,20H,1,6-11H2/t14-,15+,16?. The normalized spacial score (nSPS) is 27.9. The predicted octanol–water partition coefficient (Wildman–Crippen LogP) is 1.99. The van der Waals surface area contributed by atoms with E-state index in [1.54, 1.807) is 0 Å². The molecule has 3 atom stereocenters. The highest BCUT2D eigenvalue weighted by molar-refractivity contribution is 6.30. The van der Waals surface area contributed by atoms with Crippen LogP contribution in [0.15, 0.2) is 24.3 Å². The number of halogens is 1. The summed E-state index contributed by atoms with van der Waals surface area (Å²) in [4.78, 5) is 2.49. The molecule has 110 valence electrons. The van der Waals surface area contributed by atoms with Crippen LogP contribution in [0.25, 0.3) is 0 Å². The van der Waals surface area contributed by atoms with Crippen molar-refractivity contribution >= 4 is 11.6 Å². The molecule has 1 heterocycles. The minimum atomic E-state index is 0.274. The van der Waals surface area contributed by atoms with Gasteiger partial charge >= 0.3 is 0 Å². The lowest BCUT2D eigenvalue weighted by Gasteiger charge is -2.23. The molecule has 1 aliphatic heterocycles. The lowest BCUT2D eigenvalue weighted by Crippen LogP contribution is -2.30. The summed E-state index contributed by atoms with van der Waals surface area (Å²) in [5.74, 6) is 2.66. The van der Waals surface area contributed by atoms with Crippen molar-refractivity contribution in [3.05, 3.63) is 34.9 Å². The van der Waals surface area contributed by atoms with Crippen LogP contribution in [0.3, 0.4) is 0 Å². The number of aliphatic hydroxyl groups is 1. The van der Waals surface area contributed by atoms with Crippen molar-refractivity contribution in [3.63, 3.8) is 0 Å². The number of nitrogens with zero attached hydrogens (tertiary/aromatic N) is 1. The molecule has 3 nitrogen and oxygen atoms in total. The molecule has 2 N–H and O–H groups in total. The SMILES string of the molecule is OCCCN(Cc1ccc(Cl)cc1)CC1[C@H]2CNC[C@@H]12. The largest absolute Gasteiger partial charge is 0.396 e. The first-order chi connectivity index (χ1) is 9.78. The van der Waals surface area contributed by atoms with Crippen molar-refractivity contribution < 1.29 is 5.11 Å². The Hall–Kier alpha value is -0.610. The van der Waals surface area contributed by atoms with E-state index in [1.807, 2.05) is 12.1 Å². The van der Waals surface area contributed by atoms with Crippen LogP contribution in [0.1, 0.15) is 12.0 Å². The predicted molar refractivity (Wildman–Crippen MR) is 81.8 cm³/mol. The fraction of sp³-hybridized carbons (Fsp3) is 0.625. The van der Waals surface area contributed by atoms with Crippen molar-refractivity contribution in [1.82, 2.24) is 10.2 Å². The van der Waals surface area contributed by atoms with E-state index in [0.717, 1.165) is 42.3 Å². The van der Waals surface area contributed by atoms with Gasteiger partial charge in [0.25, 0.3) is 0 Å². The first-order valence-corrected chi connectivity index (χ1v) is 7.94. The van der Waals surface area contributed by atoms with E-state index < -0.39 is 0 Å². The number of fused-ring (bicyclic) bond motifs is 1. The number of aliphatic hydroxyl groups excluding tert-OH is 1. The van der Waals surface area contributed by atoms with Crippen molar-refractivity contribution in [2.45, 2.75) is 13.0 Å². The molecule has 2 fully saturated rings. The van der Waals surface area contributed by atoms with Crippen LogP contribution in [0.2, 0.25) is 5.02 Å². The maximum Gasteiger partial charge on any atom is 0.0443 e. The van der Waals surface area contributed by atoms with Gasteiger partial charge < -0.3 is 10.4 Å². The van der Waals surface area contributed by atoms with Gasteiger partial charge in [-0.05, 0) is 55.0 Å². The van der Waals surface area contributed by atoms with Gasteiger partial charge in [0.2, 0.25) is 0 Å². The second kappa shape index (κ2) is 6.44. The highest BCUT2D eigenvalue weighted by Crippen LogP contribution is 2.49. The zero-order chi connectivity index (χ0) is 13.9. The van der Waals surface area contributed by atoms with Crippen LogP contribution >= 0.6 is 11.6 Å². The fourth-order valence-corrected chi connectivity index (χ4v) is 3.62. The number of benzene rings is 1. The number of nitrogens with one attached hydrogen (secondary N) is 1. The number of piperidine rings is 1. The third kappa shape index (κ3) is 3.34. The molecule has 0 aromatic heterocycles. The Balaban J connectivity index is 1.56. The Morgan fingerprint density at radius 1 is 1.20 bits per heavy atom. The quantitative estimate of drug-likeness (QED) is 0.807. The summed E-state index contributed by atoms with van der Waals surface area (Å²) in [5, 5.41) is 13.3. The van der Waals surface area contributed by atoms with Gasteiger partial charge in [-0.1, -0.05) is 23.7 Å². The van der Waals surface area contributed by atoms with Crippen LogP contribution in [-0.4, -0.2) is 42.8 Å². The highest BCUT2D eigenvalue weighted by Gasteiger charge is 2.52. The van der Waals surface area contributed by atoms with Gasteiger partial charge in [-0.3, -0.25) is 4.90 Å². The Labute approximate surface area is 125 Å². The van der Waals surface area contributed by atoms with Gasteiger partial charge in [-0.15, -0.1) is 0 Å². The smallest absolute Gasteiger partial charge is 0.0443 e. The molecule has 4 heteroatoms. The van der Waals surface area contributed by atoms with Crippen molar-refractivity contribution in [3.8, 4) is 0 Å². The summed E-state index contributed by atoms with van der Waals surface area (Å²) in [6, 6.07) is 8.11. The monoisotopic (exact) mass is 294 g/mol. The molecule has 20 heavy (non-hydrogen) atoms. The van der Waals surface area contributed by atoms with Crippen molar-refractivity contribution in [2.24, 2.45) is 17.8 Å². The Morgan fingerprint density at radius 3 is 2.55 bits per heavy atom. The van der Waals surface area contributed by atoms with Gasteiger partial charge in [-0.25, -0.2) is 0 Å².